The lowest BCUT2D eigenvalue weighted by molar-refractivity contribution is -0.147. The van der Waals surface area contributed by atoms with Gasteiger partial charge in [-0.25, -0.2) is 0 Å². The highest BCUT2D eigenvalue weighted by Gasteiger charge is 2.56. The number of hydrogen-bond acceptors (Lipinski definition) is 3. The second kappa shape index (κ2) is 5.46. The summed E-state index contributed by atoms with van der Waals surface area (Å²) < 4.78 is 0. The standard InChI is InChI=1S/C18H24N2O3/c1-11-3-2-8-19(9-11)14(21)10-20-17(22)15-12-4-5-13(7-6-12)16(15)18(20)23/h4-5,11-13,15-16H,2-3,6-10H2,1H3. The van der Waals surface area contributed by atoms with Gasteiger partial charge < -0.3 is 4.90 Å². The summed E-state index contributed by atoms with van der Waals surface area (Å²) in [6.45, 7) is 3.58. The van der Waals surface area contributed by atoms with Crippen LogP contribution in [0.1, 0.15) is 32.6 Å². The fraction of sp³-hybridized carbons (Fsp3) is 0.722. The average Bonchev–Trinajstić information content (AvgIpc) is 2.83. The van der Waals surface area contributed by atoms with Crippen molar-refractivity contribution in [1.82, 2.24) is 9.80 Å². The minimum absolute atomic E-state index is 0.0587. The molecule has 2 saturated heterocycles. The molecule has 124 valence electrons. The molecule has 5 heteroatoms. The maximum atomic E-state index is 12.7. The Morgan fingerprint density at radius 1 is 1.09 bits per heavy atom. The normalized spacial score (nSPS) is 39.1. The number of nitrogens with zero attached hydrogens (tertiary/aromatic N) is 2. The highest BCUT2D eigenvalue weighted by Crippen LogP contribution is 2.49. The lowest BCUT2D eigenvalue weighted by Gasteiger charge is -2.38. The van der Waals surface area contributed by atoms with Crippen LogP contribution in [0.5, 0.6) is 0 Å². The lowest BCUT2D eigenvalue weighted by Crippen LogP contribution is -2.46. The van der Waals surface area contributed by atoms with Crippen molar-refractivity contribution < 1.29 is 14.4 Å². The average molecular weight is 316 g/mol. The van der Waals surface area contributed by atoms with Crippen LogP contribution in [0, 0.1) is 29.6 Å². The zero-order valence-corrected chi connectivity index (χ0v) is 13.6. The number of fused-ring (bicyclic) bond motifs is 1. The molecule has 5 aliphatic rings. The lowest BCUT2D eigenvalue weighted by atomic mass is 9.63. The van der Waals surface area contributed by atoms with Gasteiger partial charge >= 0.3 is 0 Å². The molecular formula is C18H24N2O3. The number of likely N-dealkylation sites (tertiary alicyclic amines) is 2. The molecule has 0 N–H and O–H groups in total. The second-order valence-corrected chi connectivity index (χ2v) is 7.69. The summed E-state index contributed by atoms with van der Waals surface area (Å²) in [6.07, 6.45) is 8.36. The third kappa shape index (κ3) is 2.32. The topological polar surface area (TPSA) is 57.7 Å². The van der Waals surface area contributed by atoms with Gasteiger partial charge in [-0.15, -0.1) is 0 Å². The van der Waals surface area contributed by atoms with E-state index in [1.54, 1.807) is 0 Å². The summed E-state index contributed by atoms with van der Waals surface area (Å²) in [7, 11) is 0. The first-order chi connectivity index (χ1) is 11.1. The summed E-state index contributed by atoms with van der Waals surface area (Å²) in [5, 5.41) is 0. The van der Waals surface area contributed by atoms with Crippen LogP contribution < -0.4 is 0 Å². The maximum Gasteiger partial charge on any atom is 0.242 e. The van der Waals surface area contributed by atoms with E-state index in [4.69, 9.17) is 0 Å². The number of amides is 3. The van der Waals surface area contributed by atoms with Gasteiger partial charge in [-0.1, -0.05) is 19.1 Å². The van der Waals surface area contributed by atoms with E-state index < -0.39 is 0 Å². The first-order valence-electron chi connectivity index (χ1n) is 8.87. The van der Waals surface area contributed by atoms with Crippen molar-refractivity contribution in [1.29, 1.82) is 0 Å². The quantitative estimate of drug-likeness (QED) is 0.572. The minimum atomic E-state index is -0.209. The van der Waals surface area contributed by atoms with Gasteiger partial charge in [0.05, 0.1) is 11.8 Å². The highest BCUT2D eigenvalue weighted by atomic mass is 16.2. The Labute approximate surface area is 136 Å². The van der Waals surface area contributed by atoms with Gasteiger partial charge in [0.25, 0.3) is 0 Å². The van der Waals surface area contributed by atoms with E-state index in [0.29, 0.717) is 5.92 Å². The van der Waals surface area contributed by atoms with Crippen LogP contribution in [0.15, 0.2) is 12.2 Å². The number of hydrogen-bond donors (Lipinski definition) is 0. The van der Waals surface area contributed by atoms with E-state index in [2.05, 4.69) is 19.1 Å². The smallest absolute Gasteiger partial charge is 0.242 e. The largest absolute Gasteiger partial charge is 0.341 e. The summed E-state index contributed by atoms with van der Waals surface area (Å²) in [4.78, 5) is 41.1. The molecule has 5 nitrogen and oxygen atoms in total. The molecule has 5 unspecified atom stereocenters. The van der Waals surface area contributed by atoms with Crippen molar-refractivity contribution in [3.05, 3.63) is 12.2 Å². The molecule has 0 radical (unpaired) electrons. The number of carbonyl (C=O) groups excluding carboxylic acids is 3. The molecule has 3 amide bonds. The molecule has 1 saturated carbocycles. The summed E-state index contributed by atoms with van der Waals surface area (Å²) in [5.41, 5.74) is 0. The van der Waals surface area contributed by atoms with Crippen LogP contribution in [0.3, 0.4) is 0 Å². The predicted octanol–water partition coefficient (Wildman–Crippen LogP) is 1.44. The summed E-state index contributed by atoms with van der Waals surface area (Å²) in [5.74, 6) is 0.166. The van der Waals surface area contributed by atoms with Gasteiger partial charge in [0.15, 0.2) is 0 Å². The van der Waals surface area contributed by atoms with Gasteiger partial charge in [-0.2, -0.15) is 0 Å². The highest BCUT2D eigenvalue weighted by molar-refractivity contribution is 6.08. The Morgan fingerprint density at radius 3 is 2.22 bits per heavy atom. The third-order valence-corrected chi connectivity index (χ3v) is 6.15. The number of rotatable bonds is 2. The monoisotopic (exact) mass is 316 g/mol. The first-order valence-corrected chi connectivity index (χ1v) is 8.87. The molecular weight excluding hydrogens is 292 g/mol. The Balaban J connectivity index is 1.49. The van der Waals surface area contributed by atoms with Crippen LogP contribution in [-0.4, -0.2) is 47.2 Å². The van der Waals surface area contributed by atoms with Crippen LogP contribution in [0.25, 0.3) is 0 Å². The molecule has 2 heterocycles. The van der Waals surface area contributed by atoms with Gasteiger partial charge in [0.2, 0.25) is 17.7 Å². The van der Waals surface area contributed by atoms with Crippen molar-refractivity contribution >= 4 is 17.7 Å². The minimum Gasteiger partial charge on any atom is -0.341 e. The fourth-order valence-electron chi connectivity index (χ4n) is 4.94. The summed E-state index contributed by atoms with van der Waals surface area (Å²) >= 11 is 0. The van der Waals surface area contributed by atoms with E-state index in [1.807, 2.05) is 4.90 Å². The Bertz CT molecular complexity index is 553. The molecule has 3 fully saturated rings. The maximum absolute atomic E-state index is 12.7. The number of carbonyl (C=O) groups is 3. The zero-order valence-electron chi connectivity index (χ0n) is 13.6. The van der Waals surface area contributed by atoms with Gasteiger partial charge in [-0.3, -0.25) is 19.3 Å². The molecule has 0 aromatic carbocycles. The number of imide groups is 1. The molecule has 5 atom stereocenters. The number of allylic oxidation sites excluding steroid dienone is 2. The van der Waals surface area contributed by atoms with E-state index in [-0.39, 0.29) is 47.9 Å². The first kappa shape index (κ1) is 14.9. The predicted molar refractivity (Wildman–Crippen MR) is 84.0 cm³/mol. The van der Waals surface area contributed by atoms with Crippen LogP contribution in [-0.2, 0) is 14.4 Å². The van der Waals surface area contributed by atoms with Crippen LogP contribution in [0.4, 0.5) is 0 Å². The zero-order chi connectivity index (χ0) is 16.1. The molecule has 0 aromatic rings. The fourth-order valence-corrected chi connectivity index (χ4v) is 4.94. The van der Waals surface area contributed by atoms with Gasteiger partial charge in [-0.05, 0) is 43.4 Å². The third-order valence-electron chi connectivity index (χ3n) is 6.15. The molecule has 3 aliphatic carbocycles. The van der Waals surface area contributed by atoms with Crippen molar-refractivity contribution in [2.45, 2.75) is 32.6 Å². The molecule has 5 rings (SSSR count). The Hall–Kier alpha value is -1.65. The second-order valence-electron chi connectivity index (χ2n) is 7.69. The van der Waals surface area contributed by atoms with E-state index >= 15 is 0 Å². The van der Waals surface area contributed by atoms with E-state index in [0.717, 1.165) is 38.8 Å². The Morgan fingerprint density at radius 2 is 1.70 bits per heavy atom. The molecule has 2 bridgehead atoms. The molecule has 23 heavy (non-hydrogen) atoms. The van der Waals surface area contributed by atoms with Crippen LogP contribution >= 0.6 is 0 Å². The number of piperidine rings is 1. The van der Waals surface area contributed by atoms with Gasteiger partial charge in [0.1, 0.15) is 6.54 Å². The molecule has 2 aliphatic heterocycles. The van der Waals surface area contributed by atoms with E-state index in [1.165, 1.54) is 4.90 Å². The van der Waals surface area contributed by atoms with E-state index in [9.17, 15) is 14.4 Å². The molecule has 0 aromatic heterocycles. The van der Waals surface area contributed by atoms with Crippen molar-refractivity contribution in [2.24, 2.45) is 29.6 Å². The van der Waals surface area contributed by atoms with Crippen LogP contribution in [0.2, 0.25) is 0 Å². The van der Waals surface area contributed by atoms with Crippen molar-refractivity contribution in [3.8, 4) is 0 Å². The molecule has 0 spiro atoms. The SMILES string of the molecule is CC1CCCN(C(=O)CN2C(=O)C3C4C=CC(CC4)C3C2=O)C1. The van der Waals surface area contributed by atoms with Crippen molar-refractivity contribution in [2.75, 3.05) is 19.6 Å². The Kier molecular flexibility index (Phi) is 3.54. The van der Waals surface area contributed by atoms with Gasteiger partial charge in [0, 0.05) is 13.1 Å². The summed E-state index contributed by atoms with van der Waals surface area (Å²) in [6, 6.07) is 0. The van der Waals surface area contributed by atoms with Crippen molar-refractivity contribution in [3.63, 3.8) is 0 Å².